The molecule has 0 aromatic heterocycles. The van der Waals surface area contributed by atoms with Crippen molar-refractivity contribution >= 4 is 6.03 Å². The number of nitrogens with zero attached hydrogens (tertiary/aromatic N) is 2. The molecule has 3 aliphatic rings. The summed E-state index contributed by atoms with van der Waals surface area (Å²) >= 11 is 0. The van der Waals surface area contributed by atoms with Crippen molar-refractivity contribution in [1.29, 1.82) is 0 Å². The smallest absolute Gasteiger partial charge is 0.321 e. The summed E-state index contributed by atoms with van der Waals surface area (Å²) in [5.74, 6) is 0. The van der Waals surface area contributed by atoms with Gasteiger partial charge in [-0.3, -0.25) is 9.80 Å². The van der Waals surface area contributed by atoms with Crippen LogP contribution >= 0.6 is 0 Å². The molecule has 2 amide bonds. The number of rotatable bonds is 2. The Balaban J connectivity index is 1.66. The largest absolute Gasteiger partial charge is 0.371 e. The number of piperidine rings is 1. The molecule has 3 fully saturated rings. The number of nitrogens with one attached hydrogen (secondary N) is 1. The summed E-state index contributed by atoms with van der Waals surface area (Å²) in [7, 11) is 0. The summed E-state index contributed by atoms with van der Waals surface area (Å²) < 4.78 is 0. The highest BCUT2D eigenvalue weighted by Crippen LogP contribution is 2.37. The fraction of sp³-hybridized carbons (Fsp3) is 0.923. The van der Waals surface area contributed by atoms with Gasteiger partial charge in [0.25, 0.3) is 0 Å². The summed E-state index contributed by atoms with van der Waals surface area (Å²) in [6.07, 6.45) is 7.09. The molecule has 102 valence electrons. The number of urea groups is 1. The molecule has 18 heavy (non-hydrogen) atoms. The lowest BCUT2D eigenvalue weighted by Gasteiger charge is -2.34. The first kappa shape index (κ1) is 12.2. The van der Waals surface area contributed by atoms with Gasteiger partial charge in [-0.1, -0.05) is 19.3 Å². The Kier molecular flexibility index (Phi) is 3.20. The van der Waals surface area contributed by atoms with E-state index < -0.39 is 6.23 Å². The molecule has 0 bridgehead atoms. The van der Waals surface area contributed by atoms with Crippen molar-refractivity contribution < 1.29 is 9.90 Å². The van der Waals surface area contributed by atoms with E-state index in [9.17, 15) is 9.90 Å². The highest BCUT2D eigenvalue weighted by molar-refractivity contribution is 5.78. The minimum Gasteiger partial charge on any atom is -0.371 e. The molecule has 1 aliphatic carbocycles. The quantitative estimate of drug-likeness (QED) is 0.774. The summed E-state index contributed by atoms with van der Waals surface area (Å²) in [5, 5.41) is 13.5. The van der Waals surface area contributed by atoms with Crippen LogP contribution in [0.2, 0.25) is 0 Å². The van der Waals surface area contributed by atoms with E-state index in [2.05, 4.69) is 10.2 Å². The van der Waals surface area contributed by atoms with Gasteiger partial charge in [0.2, 0.25) is 0 Å². The molecule has 1 saturated carbocycles. The summed E-state index contributed by atoms with van der Waals surface area (Å²) in [4.78, 5) is 15.9. The third-order valence-corrected chi connectivity index (χ3v) is 4.70. The fourth-order valence-corrected chi connectivity index (χ4v) is 3.61. The number of likely N-dealkylation sites (tertiary alicyclic amines) is 1. The zero-order valence-corrected chi connectivity index (χ0v) is 10.9. The minimum atomic E-state index is -0.644. The van der Waals surface area contributed by atoms with E-state index in [4.69, 9.17) is 0 Å². The molecule has 1 atom stereocenters. The van der Waals surface area contributed by atoms with Crippen molar-refractivity contribution in [3.8, 4) is 0 Å². The van der Waals surface area contributed by atoms with Crippen LogP contribution in [-0.4, -0.2) is 52.5 Å². The van der Waals surface area contributed by atoms with Crippen molar-refractivity contribution in [2.45, 2.75) is 56.7 Å². The summed E-state index contributed by atoms with van der Waals surface area (Å²) in [6, 6.07) is -0.0880. The molecule has 0 radical (unpaired) electrons. The zero-order valence-electron chi connectivity index (χ0n) is 10.9. The Morgan fingerprint density at radius 2 is 1.83 bits per heavy atom. The Hall–Kier alpha value is -0.810. The lowest BCUT2D eigenvalue weighted by molar-refractivity contribution is -0.0224. The van der Waals surface area contributed by atoms with Crippen molar-refractivity contribution in [3.05, 3.63) is 0 Å². The average Bonchev–Trinajstić information content (AvgIpc) is 2.93. The minimum absolute atomic E-state index is 0.0880. The van der Waals surface area contributed by atoms with E-state index in [0.717, 1.165) is 38.8 Å². The van der Waals surface area contributed by atoms with Gasteiger partial charge < -0.3 is 10.4 Å². The van der Waals surface area contributed by atoms with Crippen LogP contribution in [0.25, 0.3) is 0 Å². The molecule has 2 saturated heterocycles. The van der Waals surface area contributed by atoms with Crippen LogP contribution in [0.5, 0.6) is 0 Å². The van der Waals surface area contributed by atoms with Gasteiger partial charge >= 0.3 is 6.03 Å². The van der Waals surface area contributed by atoms with E-state index in [-0.39, 0.29) is 11.6 Å². The van der Waals surface area contributed by atoms with Crippen LogP contribution in [0.4, 0.5) is 4.79 Å². The van der Waals surface area contributed by atoms with Gasteiger partial charge in [0, 0.05) is 0 Å². The second-order valence-corrected chi connectivity index (χ2v) is 5.96. The Bertz CT molecular complexity index is 322. The van der Waals surface area contributed by atoms with Crippen LogP contribution < -0.4 is 5.32 Å². The van der Waals surface area contributed by atoms with E-state index in [0.29, 0.717) is 6.67 Å². The molecule has 2 N–H and O–H groups in total. The first-order valence-electron chi connectivity index (χ1n) is 7.20. The van der Waals surface area contributed by atoms with Crippen LogP contribution in [0.3, 0.4) is 0 Å². The summed E-state index contributed by atoms with van der Waals surface area (Å²) in [5.41, 5.74) is -0.354. The molecule has 0 aromatic carbocycles. The Morgan fingerprint density at radius 3 is 2.50 bits per heavy atom. The Morgan fingerprint density at radius 1 is 1.17 bits per heavy atom. The number of hydrogen-bond acceptors (Lipinski definition) is 3. The first-order chi connectivity index (χ1) is 8.71. The third kappa shape index (κ3) is 1.99. The van der Waals surface area contributed by atoms with E-state index in [1.54, 1.807) is 4.90 Å². The van der Waals surface area contributed by atoms with E-state index >= 15 is 0 Å². The number of amides is 2. The lowest BCUT2D eigenvalue weighted by Crippen LogP contribution is -2.50. The maximum Gasteiger partial charge on any atom is 0.321 e. The topological polar surface area (TPSA) is 55.8 Å². The van der Waals surface area contributed by atoms with Crippen molar-refractivity contribution in [2.75, 3.05) is 19.8 Å². The zero-order chi connectivity index (χ0) is 12.6. The highest BCUT2D eigenvalue weighted by Gasteiger charge is 2.52. The predicted octanol–water partition coefficient (Wildman–Crippen LogP) is 1.09. The maximum atomic E-state index is 12.0. The van der Waals surface area contributed by atoms with E-state index in [1.165, 1.54) is 19.3 Å². The number of aliphatic hydroxyl groups excluding tert-OH is 1. The highest BCUT2D eigenvalue weighted by atomic mass is 16.3. The van der Waals surface area contributed by atoms with Gasteiger partial charge in [0.15, 0.2) is 6.23 Å². The molecule has 5 heteroatoms. The standard InChI is InChI=1S/C13H23N3O2/c17-11-13(6-2-3-7-13)14-12(18)16(11)10-15-8-4-1-5-9-15/h11,17H,1-10H2,(H,14,18). The molecule has 1 spiro atoms. The van der Waals surface area contributed by atoms with Crippen molar-refractivity contribution in [1.82, 2.24) is 15.1 Å². The lowest BCUT2D eigenvalue weighted by atomic mass is 9.97. The number of hydrogen-bond donors (Lipinski definition) is 2. The van der Waals surface area contributed by atoms with Crippen LogP contribution in [0.1, 0.15) is 44.9 Å². The molecule has 1 unspecified atom stereocenters. The molecular formula is C13H23N3O2. The van der Waals surface area contributed by atoms with E-state index in [1.807, 2.05) is 0 Å². The van der Waals surface area contributed by atoms with Gasteiger partial charge in [0.05, 0.1) is 12.2 Å². The van der Waals surface area contributed by atoms with Gasteiger partial charge in [-0.05, 0) is 38.8 Å². The second kappa shape index (κ2) is 4.70. The third-order valence-electron chi connectivity index (χ3n) is 4.70. The molecule has 0 aromatic rings. The van der Waals surface area contributed by atoms with Crippen molar-refractivity contribution in [3.63, 3.8) is 0 Å². The molecule has 2 heterocycles. The molecular weight excluding hydrogens is 230 g/mol. The predicted molar refractivity (Wildman–Crippen MR) is 67.9 cm³/mol. The number of aliphatic hydroxyl groups is 1. The van der Waals surface area contributed by atoms with Crippen LogP contribution in [-0.2, 0) is 0 Å². The monoisotopic (exact) mass is 253 g/mol. The van der Waals surface area contributed by atoms with Gasteiger partial charge in [0.1, 0.15) is 0 Å². The average molecular weight is 253 g/mol. The maximum absolute atomic E-state index is 12.0. The number of carbonyl (C=O) groups is 1. The van der Waals surface area contributed by atoms with Crippen LogP contribution in [0.15, 0.2) is 0 Å². The normalized spacial score (nSPS) is 32.2. The second-order valence-electron chi connectivity index (χ2n) is 5.96. The SMILES string of the molecule is O=C1NC2(CCCC2)C(O)N1CN1CCCCC1. The molecule has 5 nitrogen and oxygen atoms in total. The molecule has 2 aliphatic heterocycles. The Labute approximate surface area is 108 Å². The number of carbonyl (C=O) groups excluding carboxylic acids is 1. The van der Waals surface area contributed by atoms with Gasteiger partial charge in [-0.2, -0.15) is 0 Å². The fourth-order valence-electron chi connectivity index (χ4n) is 3.61. The van der Waals surface area contributed by atoms with Crippen molar-refractivity contribution in [2.24, 2.45) is 0 Å². The van der Waals surface area contributed by atoms with Crippen LogP contribution in [0, 0.1) is 0 Å². The summed E-state index contributed by atoms with van der Waals surface area (Å²) in [6.45, 7) is 2.67. The first-order valence-corrected chi connectivity index (χ1v) is 7.20. The van der Waals surface area contributed by atoms with Gasteiger partial charge in [-0.15, -0.1) is 0 Å². The molecule has 3 rings (SSSR count). The van der Waals surface area contributed by atoms with Gasteiger partial charge in [-0.25, -0.2) is 4.79 Å².